The smallest absolute Gasteiger partial charge is 0.394 e. The van der Waals surface area contributed by atoms with E-state index in [0.717, 1.165) is 6.07 Å². The van der Waals surface area contributed by atoms with Crippen LogP contribution in [-0.2, 0) is 29.0 Å². The average molecular weight is 613 g/mol. The van der Waals surface area contributed by atoms with Gasteiger partial charge in [0.25, 0.3) is 5.91 Å². The van der Waals surface area contributed by atoms with Crippen LogP contribution in [0.5, 0.6) is 0 Å². The number of alkyl halides is 4. The summed E-state index contributed by atoms with van der Waals surface area (Å²) in [6.45, 7) is -2.98. The molecule has 0 unspecified atom stereocenters. The molecule has 1 amide bonds. The molecule has 0 saturated carbocycles. The maximum Gasteiger partial charge on any atom is 0.416 e. The Bertz CT molecular complexity index is 1760. The molecule has 1 atom stereocenters. The molecule has 0 aliphatic carbocycles. The second-order valence-electron chi connectivity index (χ2n) is 9.29. The highest BCUT2D eigenvalue weighted by atomic mass is 35.5. The quantitative estimate of drug-likeness (QED) is 0.211. The normalized spacial score (nSPS) is 14.0. The van der Waals surface area contributed by atoms with Gasteiger partial charge in [-0.2, -0.15) is 13.2 Å². The predicted octanol–water partition coefficient (Wildman–Crippen LogP) is 6.13. The van der Waals surface area contributed by atoms with Crippen molar-refractivity contribution in [2.75, 3.05) is 19.0 Å². The summed E-state index contributed by atoms with van der Waals surface area (Å²) in [5.74, 6) is -0.698. The van der Waals surface area contributed by atoms with Crippen molar-refractivity contribution in [2.24, 2.45) is 0 Å². The Morgan fingerprint density at radius 1 is 1.10 bits per heavy atom. The van der Waals surface area contributed by atoms with Crippen molar-refractivity contribution in [2.45, 2.75) is 37.0 Å². The number of rotatable bonds is 10. The second kappa shape index (κ2) is 12.2. The molecule has 6 nitrogen and oxygen atoms in total. The lowest BCUT2D eigenvalue weighted by Gasteiger charge is -2.17. The number of aromatic nitrogens is 1. The number of aryl methyl sites for hydroxylation is 1. The number of fused-ring (bicyclic) bond motifs is 1. The van der Waals surface area contributed by atoms with Crippen molar-refractivity contribution >= 4 is 38.2 Å². The van der Waals surface area contributed by atoms with Gasteiger partial charge in [0.2, 0.25) is 0 Å². The second-order valence-corrected chi connectivity index (χ2v) is 12.0. The fourth-order valence-corrected chi connectivity index (χ4v) is 5.63. The van der Waals surface area contributed by atoms with E-state index in [-0.39, 0.29) is 38.9 Å². The molecule has 3 aromatic carbocycles. The number of nitrogens with one attached hydrogen (secondary N) is 1. The summed E-state index contributed by atoms with van der Waals surface area (Å²) in [5.41, 5.74) is -0.0868. The van der Waals surface area contributed by atoms with Gasteiger partial charge in [0.15, 0.2) is 9.84 Å². The van der Waals surface area contributed by atoms with Crippen LogP contribution in [0.25, 0.3) is 10.9 Å². The number of halogens is 5. The van der Waals surface area contributed by atoms with Gasteiger partial charge >= 0.3 is 6.18 Å². The number of sulfone groups is 1. The zero-order chi connectivity index (χ0) is 31.7. The third kappa shape index (κ3) is 6.74. The van der Waals surface area contributed by atoms with Gasteiger partial charge in [0.1, 0.15) is 6.63 Å². The Kier molecular flexibility index (Phi) is 8.27. The van der Waals surface area contributed by atoms with Crippen LogP contribution in [0.3, 0.4) is 0 Å². The Labute approximate surface area is 242 Å². The Morgan fingerprint density at radius 3 is 2.41 bits per heavy atom. The standard InChI is InChI=1S/C29H27ClF4N2O4S/c1-2-41(39,40)24-8-4-18(5-9-24)26(17-37)35-28(38)20-6-10-27-21(13-20)15-23(36(27)12-11-31)14-19-3-7-22(30)16-25(19)29(32,33)34/h3-10,13,15-16,26,37H,2,11-12,14,17H2,1H3,(H,35,38)/t26-/m0/s1/i11D2. The maximum absolute atomic E-state index is 14.2. The van der Waals surface area contributed by atoms with Gasteiger partial charge < -0.3 is 15.0 Å². The van der Waals surface area contributed by atoms with Gasteiger partial charge in [-0.05, 0) is 59.7 Å². The Balaban J connectivity index is 1.67. The number of aliphatic hydroxyl groups excluding tert-OH is 1. The minimum Gasteiger partial charge on any atom is -0.394 e. The molecule has 0 bridgehead atoms. The lowest BCUT2D eigenvalue weighted by atomic mass is 10.0. The molecule has 41 heavy (non-hydrogen) atoms. The largest absolute Gasteiger partial charge is 0.416 e. The number of carbonyl (C=O) groups excluding carboxylic acids is 1. The lowest BCUT2D eigenvalue weighted by Crippen LogP contribution is -2.30. The summed E-state index contributed by atoms with van der Waals surface area (Å²) in [6, 6.07) is 13.8. The first-order valence-electron chi connectivity index (χ1n) is 13.4. The summed E-state index contributed by atoms with van der Waals surface area (Å²) < 4.78 is 95.6. The molecule has 0 spiro atoms. The number of amides is 1. The fraction of sp³-hybridized carbons (Fsp3) is 0.276. The monoisotopic (exact) mass is 612 g/mol. The van der Waals surface area contributed by atoms with Crippen LogP contribution in [0.2, 0.25) is 5.02 Å². The summed E-state index contributed by atoms with van der Waals surface area (Å²) in [4.78, 5) is 13.2. The van der Waals surface area contributed by atoms with Crippen LogP contribution >= 0.6 is 11.6 Å². The SMILES string of the molecule is [2H]C([2H])(F)Cn1c(Cc2ccc(Cl)cc2C(F)(F)F)cc2cc(C(=O)N[C@@H](CO)c3ccc(S(=O)(=O)CC)cc3)ccc21. The van der Waals surface area contributed by atoms with Crippen LogP contribution in [0, 0.1) is 0 Å². The Hall–Kier alpha value is -3.41. The van der Waals surface area contributed by atoms with E-state index in [0.29, 0.717) is 16.5 Å². The van der Waals surface area contributed by atoms with Gasteiger partial charge in [0, 0.05) is 33.6 Å². The molecule has 1 aromatic heterocycles. The van der Waals surface area contributed by atoms with Crippen molar-refractivity contribution in [1.29, 1.82) is 0 Å². The molecular weight excluding hydrogens is 584 g/mol. The number of carbonyl (C=O) groups is 1. The highest BCUT2D eigenvalue weighted by Crippen LogP contribution is 2.35. The first-order chi connectivity index (χ1) is 20.0. The van der Waals surface area contributed by atoms with Gasteiger partial charge in [0.05, 0.1) is 38.1 Å². The van der Waals surface area contributed by atoms with E-state index in [1.54, 1.807) is 0 Å². The number of nitrogens with zero attached hydrogens (tertiary/aromatic N) is 1. The summed E-state index contributed by atoms with van der Waals surface area (Å²) in [7, 11) is -3.44. The van der Waals surface area contributed by atoms with Gasteiger partial charge in [-0.25, -0.2) is 12.8 Å². The molecule has 12 heteroatoms. The minimum atomic E-state index is -4.72. The summed E-state index contributed by atoms with van der Waals surface area (Å²) in [5, 5.41) is 12.8. The highest BCUT2D eigenvalue weighted by Gasteiger charge is 2.33. The number of benzene rings is 3. The molecule has 0 saturated heterocycles. The minimum absolute atomic E-state index is 0.0858. The van der Waals surface area contributed by atoms with Crippen LogP contribution < -0.4 is 5.32 Å². The third-order valence-corrected chi connectivity index (χ3v) is 8.71. The molecular formula is C29H27ClF4N2O4S. The van der Waals surface area contributed by atoms with Gasteiger partial charge in [-0.15, -0.1) is 0 Å². The third-order valence-electron chi connectivity index (χ3n) is 6.73. The van der Waals surface area contributed by atoms with E-state index < -0.39 is 53.3 Å². The van der Waals surface area contributed by atoms with E-state index in [4.69, 9.17) is 14.3 Å². The van der Waals surface area contributed by atoms with Crippen molar-refractivity contribution in [3.63, 3.8) is 0 Å². The zero-order valence-corrected chi connectivity index (χ0v) is 23.2. The van der Waals surface area contributed by atoms with E-state index in [2.05, 4.69) is 5.32 Å². The molecule has 0 aliphatic rings. The zero-order valence-electron chi connectivity index (χ0n) is 23.7. The molecule has 0 fully saturated rings. The van der Waals surface area contributed by atoms with Crippen LogP contribution in [0.15, 0.2) is 71.6 Å². The highest BCUT2D eigenvalue weighted by molar-refractivity contribution is 7.91. The maximum atomic E-state index is 14.2. The molecule has 218 valence electrons. The van der Waals surface area contributed by atoms with Gasteiger partial charge in [-0.3, -0.25) is 4.79 Å². The van der Waals surface area contributed by atoms with E-state index in [1.807, 2.05) is 0 Å². The first-order valence-corrected chi connectivity index (χ1v) is 14.5. The average Bonchev–Trinajstić information content (AvgIpc) is 3.26. The molecule has 0 radical (unpaired) electrons. The topological polar surface area (TPSA) is 88.4 Å². The molecule has 0 aliphatic heterocycles. The lowest BCUT2D eigenvalue weighted by molar-refractivity contribution is -0.138. The van der Waals surface area contributed by atoms with E-state index in [9.17, 15) is 35.9 Å². The van der Waals surface area contributed by atoms with Crippen molar-refractivity contribution in [3.05, 3.63) is 99.7 Å². The van der Waals surface area contributed by atoms with Crippen molar-refractivity contribution in [1.82, 2.24) is 9.88 Å². The van der Waals surface area contributed by atoms with E-state index >= 15 is 0 Å². The van der Waals surface area contributed by atoms with Gasteiger partial charge in [-0.1, -0.05) is 36.7 Å². The van der Waals surface area contributed by atoms with Crippen molar-refractivity contribution in [3.8, 4) is 0 Å². The molecule has 2 N–H and O–H groups in total. The Morgan fingerprint density at radius 2 is 1.80 bits per heavy atom. The molecule has 4 rings (SSSR count). The number of hydrogen-bond donors (Lipinski definition) is 2. The molecule has 1 heterocycles. The molecule has 4 aromatic rings. The van der Waals surface area contributed by atoms with Crippen LogP contribution in [-0.4, -0.2) is 43.0 Å². The number of hydrogen-bond acceptors (Lipinski definition) is 4. The first kappa shape index (κ1) is 27.7. The van der Waals surface area contributed by atoms with Crippen molar-refractivity contribution < 1.29 is 38.6 Å². The van der Waals surface area contributed by atoms with Crippen LogP contribution in [0.4, 0.5) is 17.6 Å². The van der Waals surface area contributed by atoms with E-state index in [1.165, 1.54) is 72.2 Å². The summed E-state index contributed by atoms with van der Waals surface area (Å²) in [6.07, 6.45) is -5.04. The predicted molar refractivity (Wildman–Crippen MR) is 149 cm³/mol. The summed E-state index contributed by atoms with van der Waals surface area (Å²) >= 11 is 5.79. The number of aliphatic hydroxyl groups is 1. The van der Waals surface area contributed by atoms with Crippen LogP contribution in [0.1, 0.15) is 48.4 Å². The fourth-order valence-electron chi connectivity index (χ4n) is 4.57.